The van der Waals surface area contributed by atoms with Crippen molar-refractivity contribution in [3.63, 3.8) is 0 Å². The molecule has 8 nitrogen and oxygen atoms in total. The van der Waals surface area contributed by atoms with Gasteiger partial charge >= 0.3 is 5.97 Å². The summed E-state index contributed by atoms with van der Waals surface area (Å²) in [7, 11) is 1.37. The molecule has 0 saturated carbocycles. The number of esters is 1. The third-order valence-electron chi connectivity index (χ3n) is 6.56. The topological polar surface area (TPSA) is 95.3 Å². The largest absolute Gasteiger partial charge is 0.483 e. The molecule has 0 radical (unpaired) electrons. The zero-order valence-corrected chi connectivity index (χ0v) is 23.6. The number of aryl methyl sites for hydroxylation is 1. The number of nitrogens with zero attached hydrogens (tertiary/aromatic N) is 3. The van der Waals surface area contributed by atoms with Gasteiger partial charge in [0.15, 0.2) is 17.1 Å². The van der Waals surface area contributed by atoms with Crippen LogP contribution in [0.2, 0.25) is 0 Å². The number of anilines is 1. The number of fused-ring (bicyclic) bond motifs is 1. The van der Waals surface area contributed by atoms with Crippen LogP contribution in [0.15, 0.2) is 29.4 Å². The summed E-state index contributed by atoms with van der Waals surface area (Å²) >= 11 is 2.80. The van der Waals surface area contributed by atoms with Crippen molar-refractivity contribution in [1.82, 2.24) is 14.8 Å². The lowest BCUT2D eigenvalue weighted by Crippen LogP contribution is -2.17. The molecular formula is C27H34N4O4S2. The summed E-state index contributed by atoms with van der Waals surface area (Å²) < 4.78 is 13.1. The van der Waals surface area contributed by atoms with Gasteiger partial charge in [-0.2, -0.15) is 0 Å². The Kier molecular flexibility index (Phi) is 8.91. The third-order valence-corrected chi connectivity index (χ3v) is 8.69. The fourth-order valence-corrected chi connectivity index (χ4v) is 6.74. The zero-order valence-electron chi connectivity index (χ0n) is 22.0. The van der Waals surface area contributed by atoms with Crippen molar-refractivity contribution >= 4 is 40.0 Å². The maximum Gasteiger partial charge on any atom is 0.341 e. The minimum atomic E-state index is -0.399. The Hall–Kier alpha value is -2.85. The molecule has 1 aliphatic rings. The number of hydrogen-bond acceptors (Lipinski definition) is 8. The van der Waals surface area contributed by atoms with Crippen LogP contribution in [0.5, 0.6) is 5.75 Å². The predicted octanol–water partition coefficient (Wildman–Crippen LogP) is 5.70. The molecule has 2 heterocycles. The van der Waals surface area contributed by atoms with Gasteiger partial charge in [0.2, 0.25) is 5.91 Å². The van der Waals surface area contributed by atoms with E-state index >= 15 is 0 Å². The van der Waals surface area contributed by atoms with Crippen molar-refractivity contribution in [3.05, 3.63) is 51.7 Å². The zero-order chi connectivity index (χ0) is 26.5. The molecule has 1 N–H and O–H groups in total. The number of ether oxygens (including phenoxy) is 2. The van der Waals surface area contributed by atoms with Crippen LogP contribution in [-0.4, -0.2) is 39.5 Å². The van der Waals surface area contributed by atoms with Gasteiger partial charge in [-0.3, -0.25) is 4.79 Å². The van der Waals surface area contributed by atoms with E-state index in [1.807, 2.05) is 30.5 Å². The fraction of sp³-hybridized carbons (Fsp3) is 0.481. The van der Waals surface area contributed by atoms with Crippen molar-refractivity contribution in [2.24, 2.45) is 5.92 Å². The van der Waals surface area contributed by atoms with Gasteiger partial charge in [0.1, 0.15) is 10.8 Å². The van der Waals surface area contributed by atoms with E-state index in [1.165, 1.54) is 35.8 Å². The van der Waals surface area contributed by atoms with Crippen LogP contribution in [0.3, 0.4) is 0 Å². The smallest absolute Gasteiger partial charge is 0.341 e. The van der Waals surface area contributed by atoms with Gasteiger partial charge in [-0.05, 0) is 68.7 Å². The number of benzene rings is 1. The molecular weight excluding hydrogens is 508 g/mol. The first-order valence-electron chi connectivity index (χ1n) is 12.7. The Balaban J connectivity index is 1.42. The van der Waals surface area contributed by atoms with Gasteiger partial charge in [-0.15, -0.1) is 21.5 Å². The number of amides is 1. The van der Waals surface area contributed by atoms with E-state index in [-0.39, 0.29) is 17.8 Å². The Morgan fingerprint density at radius 3 is 2.68 bits per heavy atom. The summed E-state index contributed by atoms with van der Waals surface area (Å²) in [5.74, 6) is 1.59. The van der Waals surface area contributed by atoms with E-state index in [0.29, 0.717) is 34.0 Å². The highest BCUT2D eigenvalue weighted by molar-refractivity contribution is 7.99. The van der Waals surface area contributed by atoms with Crippen LogP contribution in [0, 0.1) is 5.92 Å². The normalized spacial score (nSPS) is 15.6. The van der Waals surface area contributed by atoms with Crippen LogP contribution in [-0.2, 0) is 35.3 Å². The third kappa shape index (κ3) is 6.18. The number of thioether (sulfide) groups is 1. The van der Waals surface area contributed by atoms with Crippen molar-refractivity contribution in [1.29, 1.82) is 0 Å². The van der Waals surface area contributed by atoms with Crippen LogP contribution >= 0.6 is 23.1 Å². The molecule has 0 saturated heterocycles. The Morgan fingerprint density at radius 2 is 2.00 bits per heavy atom. The van der Waals surface area contributed by atoms with E-state index in [0.717, 1.165) is 41.9 Å². The lowest BCUT2D eigenvalue weighted by Gasteiger charge is -2.18. The van der Waals surface area contributed by atoms with E-state index in [1.54, 1.807) is 0 Å². The van der Waals surface area contributed by atoms with Crippen LogP contribution < -0.4 is 10.1 Å². The molecule has 1 amide bonds. The highest BCUT2D eigenvalue weighted by Gasteiger charge is 2.29. The SMILES string of the molecule is CCc1ccc(OC(C)c2nnc(SCC(=O)Nc3sc4c(c3C(=O)OC)CCC(C)C4)n2CC)cc1. The molecule has 2 aromatic heterocycles. The lowest BCUT2D eigenvalue weighted by atomic mass is 9.88. The minimum absolute atomic E-state index is 0.144. The van der Waals surface area contributed by atoms with Crippen LogP contribution in [0.1, 0.15) is 72.4 Å². The fourth-order valence-electron chi connectivity index (χ4n) is 4.51. The van der Waals surface area contributed by atoms with Gasteiger partial charge in [-0.25, -0.2) is 4.79 Å². The van der Waals surface area contributed by atoms with Crippen LogP contribution in [0.25, 0.3) is 0 Å². The molecule has 1 aromatic carbocycles. The van der Waals surface area contributed by atoms with Crippen molar-refractivity contribution in [2.75, 3.05) is 18.2 Å². The van der Waals surface area contributed by atoms with Gasteiger partial charge in [0.05, 0.1) is 18.4 Å². The number of thiophene rings is 1. The average molecular weight is 543 g/mol. The molecule has 0 fully saturated rings. The van der Waals surface area contributed by atoms with Crippen molar-refractivity contribution < 1.29 is 19.1 Å². The Bertz CT molecular complexity index is 1250. The molecule has 198 valence electrons. The number of rotatable bonds is 10. The summed E-state index contributed by atoms with van der Waals surface area (Å²) in [5, 5.41) is 12.9. The predicted molar refractivity (Wildman–Crippen MR) is 147 cm³/mol. The molecule has 0 aliphatic heterocycles. The van der Waals surface area contributed by atoms with Gasteiger partial charge < -0.3 is 19.4 Å². The average Bonchev–Trinajstić information content (AvgIpc) is 3.47. The second-order valence-electron chi connectivity index (χ2n) is 9.23. The van der Waals surface area contributed by atoms with E-state index in [2.05, 4.69) is 41.5 Å². The van der Waals surface area contributed by atoms with Crippen LogP contribution in [0.4, 0.5) is 5.00 Å². The second kappa shape index (κ2) is 12.1. The number of carbonyl (C=O) groups is 2. The molecule has 0 bridgehead atoms. The standard InChI is InChI=1S/C27H34N4O4S2/c1-6-18-9-11-19(12-10-18)35-17(4)24-29-30-27(31(24)7-2)36-15-22(32)28-25-23(26(33)34-5)20-13-8-16(3)14-21(20)37-25/h9-12,16-17H,6-8,13-15H2,1-5H3,(H,28,32). The molecule has 37 heavy (non-hydrogen) atoms. The molecule has 3 aromatic rings. The molecule has 4 rings (SSSR count). The summed E-state index contributed by atoms with van der Waals surface area (Å²) in [5.41, 5.74) is 2.78. The van der Waals surface area contributed by atoms with Crippen molar-refractivity contribution in [3.8, 4) is 5.75 Å². The Morgan fingerprint density at radius 1 is 1.24 bits per heavy atom. The van der Waals surface area contributed by atoms with E-state index in [4.69, 9.17) is 9.47 Å². The van der Waals surface area contributed by atoms with E-state index in [9.17, 15) is 9.59 Å². The molecule has 10 heteroatoms. The summed E-state index contributed by atoms with van der Waals surface area (Å²) in [6.45, 7) is 8.94. The van der Waals surface area contributed by atoms with Crippen molar-refractivity contribution in [2.45, 2.75) is 71.2 Å². The van der Waals surface area contributed by atoms with E-state index < -0.39 is 5.97 Å². The molecule has 2 unspecified atom stereocenters. The van der Waals surface area contributed by atoms with Gasteiger partial charge in [0.25, 0.3) is 0 Å². The number of carbonyl (C=O) groups excluding carboxylic acids is 2. The monoisotopic (exact) mass is 542 g/mol. The number of methoxy groups -OCH3 is 1. The minimum Gasteiger partial charge on any atom is -0.483 e. The number of nitrogens with one attached hydrogen (secondary N) is 1. The highest BCUT2D eigenvalue weighted by atomic mass is 32.2. The number of hydrogen-bond donors (Lipinski definition) is 1. The first-order chi connectivity index (χ1) is 17.8. The highest BCUT2D eigenvalue weighted by Crippen LogP contribution is 2.40. The summed E-state index contributed by atoms with van der Waals surface area (Å²) in [4.78, 5) is 26.6. The molecule has 1 aliphatic carbocycles. The quantitative estimate of drug-likeness (QED) is 0.259. The first-order valence-corrected chi connectivity index (χ1v) is 14.5. The molecule has 2 atom stereocenters. The summed E-state index contributed by atoms with van der Waals surface area (Å²) in [6, 6.07) is 8.05. The first kappa shape index (κ1) is 27.2. The van der Waals surface area contributed by atoms with Gasteiger partial charge in [-0.1, -0.05) is 37.7 Å². The Labute approximate surface area is 226 Å². The lowest BCUT2D eigenvalue weighted by molar-refractivity contribution is -0.113. The summed E-state index contributed by atoms with van der Waals surface area (Å²) in [6.07, 6.45) is 3.45. The second-order valence-corrected chi connectivity index (χ2v) is 11.3. The number of aromatic nitrogens is 3. The van der Waals surface area contributed by atoms with Gasteiger partial charge in [0, 0.05) is 11.4 Å². The molecule has 0 spiro atoms. The maximum absolute atomic E-state index is 12.9. The maximum atomic E-state index is 12.9.